The monoisotopic (exact) mass is 349 g/mol. The van der Waals surface area contributed by atoms with Crippen LogP contribution in [0.2, 0.25) is 0 Å². The summed E-state index contributed by atoms with van der Waals surface area (Å²) in [6.07, 6.45) is 1.21. The summed E-state index contributed by atoms with van der Waals surface area (Å²) < 4.78 is 23.6. The summed E-state index contributed by atoms with van der Waals surface area (Å²) in [5, 5.41) is 11.4. The Bertz CT molecular complexity index is 604. The van der Waals surface area contributed by atoms with Crippen LogP contribution in [0.3, 0.4) is 0 Å². The predicted octanol–water partition coefficient (Wildman–Crippen LogP) is 1.33. The lowest BCUT2D eigenvalue weighted by Gasteiger charge is -2.01. The zero-order chi connectivity index (χ0) is 11.8. The molecule has 7 heteroatoms. The number of halogens is 1. The maximum absolute atomic E-state index is 11.3. The van der Waals surface area contributed by atoms with Crippen molar-refractivity contribution in [1.29, 1.82) is 0 Å². The second kappa shape index (κ2) is 4.15. The maximum atomic E-state index is 11.3. The summed E-state index contributed by atoms with van der Waals surface area (Å²) >= 11 is 2.17. The minimum Gasteiger partial charge on any atom is -0.276 e. The number of nitrogens with zero attached hydrogens (tertiary/aromatic N) is 1. The zero-order valence-electron chi connectivity index (χ0n) is 8.01. The van der Waals surface area contributed by atoms with Gasteiger partial charge in [-0.25, -0.2) is 13.6 Å². The zero-order valence-corrected chi connectivity index (χ0v) is 11.0. The van der Waals surface area contributed by atoms with Crippen LogP contribution >= 0.6 is 22.6 Å². The Labute approximate surface area is 106 Å². The van der Waals surface area contributed by atoms with E-state index in [0.29, 0.717) is 5.69 Å². The molecule has 0 aliphatic rings. The molecule has 0 saturated heterocycles. The summed E-state index contributed by atoms with van der Waals surface area (Å²) in [5.74, 6) is 0. The third kappa shape index (κ3) is 2.25. The van der Waals surface area contributed by atoms with Crippen LogP contribution in [0.4, 0.5) is 0 Å². The van der Waals surface area contributed by atoms with Crippen molar-refractivity contribution < 1.29 is 8.42 Å². The highest BCUT2D eigenvalue weighted by Gasteiger charge is 2.17. The van der Waals surface area contributed by atoms with E-state index < -0.39 is 10.0 Å². The first-order chi connectivity index (χ1) is 7.48. The molecule has 0 radical (unpaired) electrons. The minimum atomic E-state index is -3.74. The normalized spacial score (nSPS) is 11.6. The van der Waals surface area contributed by atoms with E-state index >= 15 is 0 Å². The Morgan fingerprint density at radius 1 is 1.25 bits per heavy atom. The van der Waals surface area contributed by atoms with Gasteiger partial charge in [0.05, 0.1) is 11.9 Å². The average Bonchev–Trinajstić information content (AvgIpc) is 2.66. The molecule has 3 N–H and O–H groups in total. The van der Waals surface area contributed by atoms with E-state index in [2.05, 4.69) is 32.8 Å². The van der Waals surface area contributed by atoms with Crippen LogP contribution in [-0.2, 0) is 10.0 Å². The number of nitrogens with one attached hydrogen (secondary N) is 1. The highest BCUT2D eigenvalue weighted by Crippen LogP contribution is 2.24. The van der Waals surface area contributed by atoms with Crippen LogP contribution in [0.25, 0.3) is 11.3 Å². The van der Waals surface area contributed by atoms with Gasteiger partial charge in [-0.1, -0.05) is 12.1 Å². The Kier molecular flexibility index (Phi) is 3.00. The summed E-state index contributed by atoms with van der Waals surface area (Å²) in [4.78, 5) is 0.00806. The second-order valence-electron chi connectivity index (χ2n) is 3.16. The van der Waals surface area contributed by atoms with Crippen molar-refractivity contribution >= 4 is 32.6 Å². The van der Waals surface area contributed by atoms with Gasteiger partial charge in [-0.05, 0) is 34.7 Å². The van der Waals surface area contributed by atoms with Gasteiger partial charge >= 0.3 is 0 Å². The van der Waals surface area contributed by atoms with E-state index in [1.165, 1.54) is 6.20 Å². The maximum Gasteiger partial charge on any atom is 0.241 e. The SMILES string of the molecule is NS(=O)(=O)c1cn[nH]c1-c1ccc(I)cc1. The molecule has 0 amide bonds. The van der Waals surface area contributed by atoms with Gasteiger partial charge in [0.1, 0.15) is 4.90 Å². The summed E-state index contributed by atoms with van der Waals surface area (Å²) in [6.45, 7) is 0. The van der Waals surface area contributed by atoms with E-state index in [1.807, 2.05) is 24.3 Å². The standard InChI is InChI=1S/C9H8IN3O2S/c10-7-3-1-6(2-4-7)9-8(5-12-13-9)16(11,14)15/h1-5H,(H,12,13)(H2,11,14,15). The number of aromatic amines is 1. The molecule has 0 atom stereocenters. The molecule has 2 aromatic rings. The molecule has 0 bridgehead atoms. The van der Waals surface area contributed by atoms with Crippen molar-refractivity contribution in [3.05, 3.63) is 34.0 Å². The molecule has 0 spiro atoms. The van der Waals surface area contributed by atoms with Gasteiger partial charge in [0.2, 0.25) is 10.0 Å². The predicted molar refractivity (Wildman–Crippen MR) is 68.1 cm³/mol. The smallest absolute Gasteiger partial charge is 0.241 e. The number of benzene rings is 1. The van der Waals surface area contributed by atoms with Gasteiger partial charge in [-0.15, -0.1) is 0 Å². The molecule has 0 fully saturated rings. The molecular formula is C9H8IN3O2S. The van der Waals surface area contributed by atoms with Crippen molar-refractivity contribution in [3.8, 4) is 11.3 Å². The fourth-order valence-electron chi connectivity index (χ4n) is 1.31. The number of nitrogens with two attached hydrogens (primary N) is 1. The van der Waals surface area contributed by atoms with E-state index in [9.17, 15) is 8.42 Å². The molecule has 16 heavy (non-hydrogen) atoms. The lowest BCUT2D eigenvalue weighted by atomic mass is 10.2. The second-order valence-corrected chi connectivity index (χ2v) is 5.94. The van der Waals surface area contributed by atoms with Gasteiger partial charge in [-0.2, -0.15) is 5.10 Å². The largest absolute Gasteiger partial charge is 0.276 e. The van der Waals surface area contributed by atoms with Crippen molar-refractivity contribution in [2.45, 2.75) is 4.90 Å². The fourth-order valence-corrected chi connectivity index (χ4v) is 2.32. The molecule has 0 saturated carbocycles. The molecule has 5 nitrogen and oxygen atoms in total. The minimum absolute atomic E-state index is 0.00806. The average molecular weight is 349 g/mol. The van der Waals surface area contributed by atoms with Crippen LogP contribution in [0.1, 0.15) is 0 Å². The van der Waals surface area contributed by atoms with Crippen molar-refractivity contribution in [2.24, 2.45) is 5.14 Å². The first-order valence-corrected chi connectivity index (χ1v) is 6.93. The van der Waals surface area contributed by atoms with Gasteiger partial charge in [0.15, 0.2) is 0 Å². The summed E-state index contributed by atoms with van der Waals surface area (Å²) in [5.41, 5.74) is 1.15. The Hall–Kier alpha value is -0.930. The Morgan fingerprint density at radius 3 is 2.44 bits per heavy atom. The van der Waals surface area contributed by atoms with Gasteiger partial charge in [0.25, 0.3) is 0 Å². The molecule has 0 aliphatic heterocycles. The molecule has 2 rings (SSSR count). The topological polar surface area (TPSA) is 88.8 Å². The van der Waals surface area contributed by atoms with E-state index in [-0.39, 0.29) is 4.90 Å². The summed E-state index contributed by atoms with van der Waals surface area (Å²) in [6, 6.07) is 7.38. The van der Waals surface area contributed by atoms with Crippen molar-refractivity contribution in [2.75, 3.05) is 0 Å². The molecular weight excluding hydrogens is 341 g/mol. The fraction of sp³-hybridized carbons (Fsp3) is 0. The number of aromatic nitrogens is 2. The number of hydrogen-bond donors (Lipinski definition) is 2. The quantitative estimate of drug-likeness (QED) is 0.802. The van der Waals surface area contributed by atoms with E-state index in [1.54, 1.807) is 0 Å². The number of H-pyrrole nitrogens is 1. The Balaban J connectivity index is 2.58. The van der Waals surface area contributed by atoms with Crippen LogP contribution in [-0.4, -0.2) is 18.6 Å². The number of sulfonamides is 1. The lowest BCUT2D eigenvalue weighted by molar-refractivity contribution is 0.598. The number of rotatable bonds is 2. The van der Waals surface area contributed by atoms with Crippen molar-refractivity contribution in [3.63, 3.8) is 0 Å². The van der Waals surface area contributed by atoms with E-state index in [0.717, 1.165) is 9.13 Å². The number of primary sulfonamides is 1. The first-order valence-electron chi connectivity index (χ1n) is 4.30. The molecule has 1 aromatic heterocycles. The molecule has 0 unspecified atom stereocenters. The van der Waals surface area contributed by atoms with Gasteiger partial charge in [0, 0.05) is 9.13 Å². The molecule has 0 aliphatic carbocycles. The Morgan fingerprint density at radius 2 is 1.88 bits per heavy atom. The number of hydrogen-bond acceptors (Lipinski definition) is 3. The third-order valence-corrected chi connectivity index (χ3v) is 3.69. The van der Waals surface area contributed by atoms with Gasteiger partial charge in [-0.3, -0.25) is 5.10 Å². The van der Waals surface area contributed by atoms with Crippen LogP contribution < -0.4 is 5.14 Å². The van der Waals surface area contributed by atoms with E-state index in [4.69, 9.17) is 5.14 Å². The summed E-state index contributed by atoms with van der Waals surface area (Å²) in [7, 11) is -3.74. The highest BCUT2D eigenvalue weighted by atomic mass is 127. The van der Waals surface area contributed by atoms with Crippen LogP contribution in [0, 0.1) is 3.57 Å². The van der Waals surface area contributed by atoms with Crippen LogP contribution in [0.15, 0.2) is 35.4 Å². The molecule has 1 heterocycles. The molecule has 84 valence electrons. The third-order valence-electron chi connectivity index (χ3n) is 2.04. The highest BCUT2D eigenvalue weighted by molar-refractivity contribution is 14.1. The van der Waals surface area contributed by atoms with Crippen LogP contribution in [0.5, 0.6) is 0 Å². The molecule has 1 aromatic carbocycles. The van der Waals surface area contributed by atoms with Gasteiger partial charge < -0.3 is 0 Å². The van der Waals surface area contributed by atoms with Crippen molar-refractivity contribution in [1.82, 2.24) is 10.2 Å². The first kappa shape index (κ1) is 11.6. The lowest BCUT2D eigenvalue weighted by Crippen LogP contribution is -2.12.